The number of likely N-dealkylation sites (N-methyl/N-ethyl adjacent to an activating group) is 1. The second-order valence-electron chi connectivity index (χ2n) is 3.93. The van der Waals surface area contributed by atoms with E-state index in [1.165, 1.54) is 0 Å². The number of nitrogens with one attached hydrogen (secondary N) is 1. The van der Waals surface area contributed by atoms with Crippen molar-refractivity contribution < 1.29 is 9.90 Å². The first-order valence-electron chi connectivity index (χ1n) is 5.73. The monoisotopic (exact) mass is 216 g/mol. The minimum atomic E-state index is -0.0839. The van der Waals surface area contributed by atoms with E-state index in [0.29, 0.717) is 19.0 Å². The highest BCUT2D eigenvalue weighted by Crippen LogP contribution is 2.06. The average molecular weight is 216 g/mol. The summed E-state index contributed by atoms with van der Waals surface area (Å²) in [6.07, 6.45) is 1.05. The molecule has 0 saturated heterocycles. The fourth-order valence-electron chi connectivity index (χ4n) is 1.31. The Morgan fingerprint density at radius 1 is 1.40 bits per heavy atom. The van der Waals surface area contributed by atoms with E-state index in [9.17, 15) is 4.79 Å². The van der Waals surface area contributed by atoms with E-state index in [-0.39, 0.29) is 18.7 Å². The van der Waals surface area contributed by atoms with Gasteiger partial charge in [-0.1, -0.05) is 20.3 Å². The number of hydrogen-bond acceptors (Lipinski definition) is 2. The minimum absolute atomic E-state index is 0.0129. The first-order valence-corrected chi connectivity index (χ1v) is 5.73. The van der Waals surface area contributed by atoms with Gasteiger partial charge in [-0.15, -0.1) is 0 Å². The van der Waals surface area contributed by atoms with Crippen molar-refractivity contribution in [1.29, 1.82) is 0 Å². The lowest BCUT2D eigenvalue weighted by Crippen LogP contribution is -2.46. The van der Waals surface area contributed by atoms with E-state index in [1.807, 2.05) is 13.8 Å². The molecule has 4 nitrogen and oxygen atoms in total. The van der Waals surface area contributed by atoms with Crippen molar-refractivity contribution in [2.75, 3.05) is 19.7 Å². The molecule has 90 valence electrons. The van der Waals surface area contributed by atoms with Gasteiger partial charge in [0.2, 0.25) is 0 Å². The Bertz CT molecular complexity index is 185. The third kappa shape index (κ3) is 5.02. The molecule has 0 aromatic rings. The first-order chi connectivity index (χ1) is 7.06. The van der Waals surface area contributed by atoms with Gasteiger partial charge in [0.15, 0.2) is 0 Å². The van der Waals surface area contributed by atoms with Crippen LogP contribution < -0.4 is 5.32 Å². The lowest BCUT2D eigenvalue weighted by atomic mass is 10.0. The van der Waals surface area contributed by atoms with Crippen LogP contribution in [0.2, 0.25) is 0 Å². The summed E-state index contributed by atoms with van der Waals surface area (Å²) in [7, 11) is 0. The number of urea groups is 1. The van der Waals surface area contributed by atoms with Crippen LogP contribution in [0.25, 0.3) is 0 Å². The lowest BCUT2D eigenvalue weighted by molar-refractivity contribution is 0.174. The van der Waals surface area contributed by atoms with E-state index in [4.69, 9.17) is 5.11 Å². The first kappa shape index (κ1) is 14.2. The van der Waals surface area contributed by atoms with Gasteiger partial charge in [-0.25, -0.2) is 4.79 Å². The summed E-state index contributed by atoms with van der Waals surface area (Å²) in [6.45, 7) is 9.18. The zero-order valence-electron chi connectivity index (χ0n) is 10.3. The van der Waals surface area contributed by atoms with Gasteiger partial charge >= 0.3 is 6.03 Å². The predicted molar refractivity (Wildman–Crippen MR) is 61.8 cm³/mol. The molecule has 15 heavy (non-hydrogen) atoms. The third-order valence-corrected chi connectivity index (χ3v) is 2.89. The molecule has 0 spiro atoms. The largest absolute Gasteiger partial charge is 0.395 e. The summed E-state index contributed by atoms with van der Waals surface area (Å²) in [5.74, 6) is 0.474. The Labute approximate surface area is 92.7 Å². The number of hydrogen-bond donors (Lipinski definition) is 2. The molecule has 2 amide bonds. The molecule has 0 bridgehead atoms. The maximum atomic E-state index is 11.7. The summed E-state index contributed by atoms with van der Waals surface area (Å²) in [5.41, 5.74) is 0. The molecular weight excluding hydrogens is 192 g/mol. The molecule has 0 saturated carbocycles. The maximum Gasteiger partial charge on any atom is 0.317 e. The predicted octanol–water partition coefficient (Wildman–Crippen LogP) is 1.44. The van der Waals surface area contributed by atoms with Crippen molar-refractivity contribution in [3.63, 3.8) is 0 Å². The van der Waals surface area contributed by atoms with E-state index in [2.05, 4.69) is 19.2 Å². The van der Waals surface area contributed by atoms with E-state index < -0.39 is 0 Å². The Kier molecular flexibility index (Phi) is 7.13. The van der Waals surface area contributed by atoms with Crippen molar-refractivity contribution in [2.45, 2.75) is 40.2 Å². The highest BCUT2D eigenvalue weighted by atomic mass is 16.3. The number of amides is 2. The highest BCUT2D eigenvalue weighted by molar-refractivity contribution is 5.74. The van der Waals surface area contributed by atoms with Gasteiger partial charge in [-0.3, -0.25) is 0 Å². The quantitative estimate of drug-likeness (QED) is 0.706. The normalized spacial score (nSPS) is 14.5. The van der Waals surface area contributed by atoms with Crippen LogP contribution in [0.4, 0.5) is 4.79 Å². The second-order valence-corrected chi connectivity index (χ2v) is 3.93. The summed E-state index contributed by atoms with van der Waals surface area (Å²) in [5, 5.41) is 11.7. The van der Waals surface area contributed by atoms with Crippen LogP contribution in [0.15, 0.2) is 0 Å². The highest BCUT2D eigenvalue weighted by Gasteiger charge is 2.16. The van der Waals surface area contributed by atoms with Gasteiger partial charge in [-0.05, 0) is 19.8 Å². The molecule has 0 aliphatic heterocycles. The fourth-order valence-corrected chi connectivity index (χ4v) is 1.31. The SMILES string of the molecule is CCC(C)C(C)NC(=O)N(CC)CCO. The average Bonchev–Trinajstić information content (AvgIpc) is 2.24. The van der Waals surface area contributed by atoms with Crippen LogP contribution in [0.3, 0.4) is 0 Å². The Morgan fingerprint density at radius 3 is 2.40 bits per heavy atom. The van der Waals surface area contributed by atoms with Crippen LogP contribution in [-0.2, 0) is 0 Å². The van der Waals surface area contributed by atoms with Crippen LogP contribution >= 0.6 is 0 Å². The number of nitrogens with zero attached hydrogens (tertiary/aromatic N) is 1. The number of aliphatic hydroxyl groups is 1. The molecule has 2 unspecified atom stereocenters. The molecule has 4 heteroatoms. The second kappa shape index (κ2) is 7.51. The molecule has 0 fully saturated rings. The number of carbonyl (C=O) groups is 1. The lowest BCUT2D eigenvalue weighted by Gasteiger charge is -2.25. The Hall–Kier alpha value is -0.770. The smallest absolute Gasteiger partial charge is 0.317 e. The van der Waals surface area contributed by atoms with E-state index >= 15 is 0 Å². The topological polar surface area (TPSA) is 52.6 Å². The van der Waals surface area contributed by atoms with Crippen molar-refractivity contribution >= 4 is 6.03 Å². The Balaban J connectivity index is 4.09. The third-order valence-electron chi connectivity index (χ3n) is 2.89. The summed E-state index contributed by atoms with van der Waals surface area (Å²) in [4.78, 5) is 13.3. The van der Waals surface area contributed by atoms with Crippen molar-refractivity contribution in [2.24, 2.45) is 5.92 Å². The van der Waals surface area contributed by atoms with Gasteiger partial charge in [-0.2, -0.15) is 0 Å². The zero-order chi connectivity index (χ0) is 11.8. The van der Waals surface area contributed by atoms with E-state index in [1.54, 1.807) is 4.90 Å². The van der Waals surface area contributed by atoms with Gasteiger partial charge in [0, 0.05) is 19.1 Å². The van der Waals surface area contributed by atoms with Gasteiger partial charge in [0.25, 0.3) is 0 Å². The molecule has 0 radical (unpaired) electrons. The van der Waals surface area contributed by atoms with Crippen LogP contribution in [0.1, 0.15) is 34.1 Å². The molecule has 0 heterocycles. The standard InChI is InChI=1S/C11H24N2O2/c1-5-9(3)10(4)12-11(15)13(6-2)7-8-14/h9-10,14H,5-8H2,1-4H3,(H,12,15). The number of aliphatic hydroxyl groups excluding tert-OH is 1. The molecular formula is C11H24N2O2. The van der Waals surface area contributed by atoms with Gasteiger partial charge in [0.1, 0.15) is 0 Å². The van der Waals surface area contributed by atoms with Gasteiger partial charge < -0.3 is 15.3 Å². The van der Waals surface area contributed by atoms with Gasteiger partial charge in [0.05, 0.1) is 6.61 Å². The van der Waals surface area contributed by atoms with Crippen molar-refractivity contribution in [3.05, 3.63) is 0 Å². The van der Waals surface area contributed by atoms with Crippen molar-refractivity contribution in [3.8, 4) is 0 Å². The molecule has 0 aromatic heterocycles. The summed E-state index contributed by atoms with van der Waals surface area (Å²) in [6, 6.07) is 0.0922. The molecule has 0 aliphatic rings. The molecule has 0 rings (SSSR count). The molecule has 0 aromatic carbocycles. The summed E-state index contributed by atoms with van der Waals surface area (Å²) < 4.78 is 0. The van der Waals surface area contributed by atoms with E-state index in [0.717, 1.165) is 6.42 Å². The van der Waals surface area contributed by atoms with Crippen LogP contribution in [0.5, 0.6) is 0 Å². The minimum Gasteiger partial charge on any atom is -0.395 e. The zero-order valence-corrected chi connectivity index (χ0v) is 10.3. The van der Waals surface area contributed by atoms with Crippen LogP contribution in [0, 0.1) is 5.92 Å². The van der Waals surface area contributed by atoms with Crippen molar-refractivity contribution in [1.82, 2.24) is 10.2 Å². The Morgan fingerprint density at radius 2 is 2.00 bits per heavy atom. The molecule has 2 N–H and O–H groups in total. The molecule has 2 atom stereocenters. The fraction of sp³-hybridized carbons (Fsp3) is 0.909. The van der Waals surface area contributed by atoms with Crippen LogP contribution in [-0.4, -0.2) is 41.8 Å². The maximum absolute atomic E-state index is 11.7. The molecule has 0 aliphatic carbocycles. The number of carbonyl (C=O) groups excluding carboxylic acids is 1. The number of rotatable bonds is 6. The summed E-state index contributed by atoms with van der Waals surface area (Å²) >= 11 is 0.